The van der Waals surface area contributed by atoms with E-state index in [0.717, 1.165) is 36.8 Å². The highest BCUT2D eigenvalue weighted by atomic mass is 32.2. The SMILES string of the molecule is CCCn1nccc1C(N)C1CSCCO1. The van der Waals surface area contributed by atoms with Crippen LogP contribution in [0.1, 0.15) is 25.1 Å². The molecule has 1 fully saturated rings. The predicted octanol–water partition coefficient (Wildman–Crippen LogP) is 1.42. The zero-order chi connectivity index (χ0) is 11.4. The van der Waals surface area contributed by atoms with E-state index in [0.29, 0.717) is 0 Å². The molecule has 1 aliphatic rings. The molecule has 2 N–H and O–H groups in total. The predicted molar refractivity (Wildman–Crippen MR) is 66.5 cm³/mol. The van der Waals surface area contributed by atoms with Gasteiger partial charge in [-0.25, -0.2) is 0 Å². The van der Waals surface area contributed by atoms with Gasteiger partial charge in [-0.05, 0) is 12.5 Å². The summed E-state index contributed by atoms with van der Waals surface area (Å²) in [4.78, 5) is 0. The Morgan fingerprint density at radius 2 is 2.62 bits per heavy atom. The fraction of sp³-hybridized carbons (Fsp3) is 0.727. The first-order chi connectivity index (χ1) is 7.83. The first kappa shape index (κ1) is 12.0. The van der Waals surface area contributed by atoms with E-state index in [1.807, 2.05) is 28.7 Å². The van der Waals surface area contributed by atoms with E-state index < -0.39 is 0 Å². The minimum absolute atomic E-state index is 0.0538. The number of nitrogens with two attached hydrogens (primary N) is 1. The molecule has 0 bridgehead atoms. The standard InChI is InChI=1S/C11H19N3OS/c1-2-5-14-9(3-4-13-14)11(12)10-8-16-7-6-15-10/h3-4,10-11H,2,5-8,12H2,1H3. The molecule has 1 saturated heterocycles. The number of thioether (sulfide) groups is 1. The fourth-order valence-electron chi connectivity index (χ4n) is 1.93. The van der Waals surface area contributed by atoms with E-state index in [9.17, 15) is 0 Å². The Balaban J connectivity index is 2.06. The third-order valence-corrected chi connectivity index (χ3v) is 3.79. The number of ether oxygens (including phenoxy) is 1. The summed E-state index contributed by atoms with van der Waals surface area (Å²) in [5.74, 6) is 2.07. The number of aryl methyl sites for hydroxylation is 1. The lowest BCUT2D eigenvalue weighted by Gasteiger charge is -2.27. The van der Waals surface area contributed by atoms with Crippen molar-refractivity contribution in [3.8, 4) is 0 Å². The van der Waals surface area contributed by atoms with Gasteiger partial charge in [-0.15, -0.1) is 0 Å². The summed E-state index contributed by atoms with van der Waals surface area (Å²) in [5, 5.41) is 4.30. The lowest BCUT2D eigenvalue weighted by atomic mass is 10.1. The highest BCUT2D eigenvalue weighted by Crippen LogP contribution is 2.23. The third kappa shape index (κ3) is 2.59. The van der Waals surface area contributed by atoms with Crippen LogP contribution in [0.5, 0.6) is 0 Å². The van der Waals surface area contributed by atoms with Crippen molar-refractivity contribution in [1.82, 2.24) is 9.78 Å². The van der Waals surface area contributed by atoms with Crippen LogP contribution in [-0.4, -0.2) is 34.0 Å². The molecule has 1 aliphatic heterocycles. The van der Waals surface area contributed by atoms with Crippen molar-refractivity contribution in [3.63, 3.8) is 0 Å². The van der Waals surface area contributed by atoms with Gasteiger partial charge in [0.2, 0.25) is 0 Å². The largest absolute Gasteiger partial charge is 0.374 e. The molecule has 0 radical (unpaired) electrons. The number of hydrogen-bond donors (Lipinski definition) is 1. The Labute approximate surface area is 101 Å². The van der Waals surface area contributed by atoms with Crippen molar-refractivity contribution in [3.05, 3.63) is 18.0 Å². The Morgan fingerprint density at radius 3 is 3.31 bits per heavy atom. The first-order valence-electron chi connectivity index (χ1n) is 5.79. The van der Waals surface area contributed by atoms with Crippen LogP contribution in [0.15, 0.2) is 12.3 Å². The van der Waals surface area contributed by atoms with Gasteiger partial charge in [-0.2, -0.15) is 16.9 Å². The van der Waals surface area contributed by atoms with Crippen LogP contribution in [0.4, 0.5) is 0 Å². The van der Waals surface area contributed by atoms with Crippen molar-refractivity contribution in [2.75, 3.05) is 18.1 Å². The number of rotatable bonds is 4. The molecule has 2 heterocycles. The molecule has 90 valence electrons. The van der Waals surface area contributed by atoms with Crippen LogP contribution in [0.2, 0.25) is 0 Å². The van der Waals surface area contributed by atoms with Gasteiger partial charge in [-0.3, -0.25) is 4.68 Å². The monoisotopic (exact) mass is 241 g/mol. The summed E-state index contributed by atoms with van der Waals surface area (Å²) in [7, 11) is 0. The zero-order valence-electron chi connectivity index (χ0n) is 9.63. The second-order valence-electron chi connectivity index (χ2n) is 3.99. The summed E-state index contributed by atoms with van der Waals surface area (Å²) in [6, 6.07) is 1.95. The molecule has 0 saturated carbocycles. The number of aromatic nitrogens is 2. The molecular formula is C11H19N3OS. The summed E-state index contributed by atoms with van der Waals surface area (Å²) in [6.45, 7) is 3.88. The minimum atomic E-state index is -0.0538. The van der Waals surface area contributed by atoms with E-state index in [1.165, 1.54) is 0 Å². The molecule has 0 aromatic carbocycles. The maximum atomic E-state index is 6.25. The molecular weight excluding hydrogens is 222 g/mol. The van der Waals surface area contributed by atoms with Gasteiger partial charge in [0.05, 0.1) is 24.4 Å². The van der Waals surface area contributed by atoms with Gasteiger partial charge in [0.15, 0.2) is 0 Å². The highest BCUT2D eigenvalue weighted by Gasteiger charge is 2.25. The first-order valence-corrected chi connectivity index (χ1v) is 6.95. The Kier molecular flexibility index (Phi) is 4.26. The average Bonchev–Trinajstić information content (AvgIpc) is 2.78. The zero-order valence-corrected chi connectivity index (χ0v) is 10.4. The van der Waals surface area contributed by atoms with Gasteiger partial charge < -0.3 is 10.5 Å². The maximum absolute atomic E-state index is 6.25. The molecule has 0 spiro atoms. The van der Waals surface area contributed by atoms with Crippen molar-refractivity contribution in [2.45, 2.75) is 32.0 Å². The summed E-state index contributed by atoms with van der Waals surface area (Å²) >= 11 is 1.91. The second kappa shape index (κ2) is 5.70. The smallest absolute Gasteiger partial charge is 0.0873 e. The van der Waals surface area contributed by atoms with E-state index in [-0.39, 0.29) is 12.1 Å². The van der Waals surface area contributed by atoms with Gasteiger partial charge in [0.25, 0.3) is 0 Å². The van der Waals surface area contributed by atoms with Crippen LogP contribution in [0.3, 0.4) is 0 Å². The average molecular weight is 241 g/mol. The normalized spacial score (nSPS) is 23.2. The van der Waals surface area contributed by atoms with E-state index in [1.54, 1.807) is 0 Å². The lowest BCUT2D eigenvalue weighted by molar-refractivity contribution is 0.0548. The third-order valence-electron chi connectivity index (χ3n) is 2.77. The van der Waals surface area contributed by atoms with Gasteiger partial charge in [0.1, 0.15) is 0 Å². The molecule has 4 nitrogen and oxygen atoms in total. The fourth-order valence-corrected chi connectivity index (χ4v) is 2.85. The van der Waals surface area contributed by atoms with Crippen LogP contribution < -0.4 is 5.73 Å². The maximum Gasteiger partial charge on any atom is 0.0873 e. The molecule has 5 heteroatoms. The molecule has 2 atom stereocenters. The molecule has 0 aliphatic carbocycles. The lowest BCUT2D eigenvalue weighted by Crippen LogP contribution is -2.36. The summed E-state index contributed by atoms with van der Waals surface area (Å²) < 4.78 is 7.70. The molecule has 1 aromatic rings. The minimum Gasteiger partial charge on any atom is -0.374 e. The Hall–Kier alpha value is -0.520. The summed E-state index contributed by atoms with van der Waals surface area (Å²) in [5.41, 5.74) is 7.34. The van der Waals surface area contributed by atoms with Crippen molar-refractivity contribution < 1.29 is 4.74 Å². The number of nitrogens with zero attached hydrogens (tertiary/aromatic N) is 2. The quantitative estimate of drug-likeness (QED) is 0.866. The van der Waals surface area contributed by atoms with Crippen LogP contribution in [-0.2, 0) is 11.3 Å². The molecule has 0 amide bonds. The topological polar surface area (TPSA) is 53.1 Å². The second-order valence-corrected chi connectivity index (χ2v) is 5.14. The van der Waals surface area contributed by atoms with Crippen LogP contribution in [0, 0.1) is 0 Å². The summed E-state index contributed by atoms with van der Waals surface area (Å²) in [6.07, 6.45) is 3.02. The van der Waals surface area contributed by atoms with E-state index in [4.69, 9.17) is 10.5 Å². The van der Waals surface area contributed by atoms with Crippen molar-refractivity contribution in [1.29, 1.82) is 0 Å². The molecule has 1 aromatic heterocycles. The van der Waals surface area contributed by atoms with E-state index in [2.05, 4.69) is 12.0 Å². The number of hydrogen-bond acceptors (Lipinski definition) is 4. The van der Waals surface area contributed by atoms with Crippen molar-refractivity contribution in [2.24, 2.45) is 5.73 Å². The van der Waals surface area contributed by atoms with Crippen LogP contribution in [0.25, 0.3) is 0 Å². The van der Waals surface area contributed by atoms with Gasteiger partial charge in [0, 0.05) is 24.2 Å². The van der Waals surface area contributed by atoms with E-state index >= 15 is 0 Å². The van der Waals surface area contributed by atoms with Crippen LogP contribution >= 0.6 is 11.8 Å². The Bertz CT molecular complexity index is 323. The highest BCUT2D eigenvalue weighted by molar-refractivity contribution is 7.99. The Morgan fingerprint density at radius 1 is 1.75 bits per heavy atom. The van der Waals surface area contributed by atoms with Crippen molar-refractivity contribution >= 4 is 11.8 Å². The molecule has 2 unspecified atom stereocenters. The molecule has 16 heavy (non-hydrogen) atoms. The molecule has 2 rings (SSSR count). The van der Waals surface area contributed by atoms with Gasteiger partial charge in [-0.1, -0.05) is 6.92 Å². The van der Waals surface area contributed by atoms with Gasteiger partial charge >= 0.3 is 0 Å².